The molecule has 1 fully saturated rings. The van der Waals surface area contributed by atoms with E-state index in [1.807, 2.05) is 17.2 Å². The highest BCUT2D eigenvalue weighted by Crippen LogP contribution is 2.43. The molecule has 1 aliphatic carbocycles. The summed E-state index contributed by atoms with van der Waals surface area (Å²) in [6, 6.07) is 8.39. The van der Waals surface area contributed by atoms with Crippen molar-refractivity contribution in [2.24, 2.45) is 5.92 Å². The van der Waals surface area contributed by atoms with Crippen molar-refractivity contribution < 1.29 is 14.4 Å². The van der Waals surface area contributed by atoms with Crippen molar-refractivity contribution >= 4 is 45.3 Å². The summed E-state index contributed by atoms with van der Waals surface area (Å²) in [4.78, 5) is 54.0. The number of carbonyl (C=O) groups excluding carboxylic acids is 3. The van der Waals surface area contributed by atoms with Crippen LogP contribution < -0.4 is 0 Å². The van der Waals surface area contributed by atoms with Gasteiger partial charge < -0.3 is 4.90 Å². The Kier molecular flexibility index (Phi) is 7.20. The average Bonchev–Trinajstić information content (AvgIpc) is 3.08. The second kappa shape index (κ2) is 10.8. The minimum Gasteiger partial charge on any atom is -0.343 e. The smallest absolute Gasteiger partial charge is 0.281 e. The van der Waals surface area contributed by atoms with Crippen LogP contribution in [0.3, 0.4) is 0 Å². The number of fused-ring (bicyclic) bond motifs is 3. The lowest BCUT2D eigenvalue weighted by Gasteiger charge is -2.37. The van der Waals surface area contributed by atoms with Crippen LogP contribution in [-0.4, -0.2) is 62.1 Å². The number of nitrogens with zero attached hydrogens (tertiary/aromatic N) is 5. The van der Waals surface area contributed by atoms with Gasteiger partial charge in [0.1, 0.15) is 0 Å². The molecule has 1 saturated heterocycles. The predicted molar refractivity (Wildman–Crippen MR) is 149 cm³/mol. The van der Waals surface area contributed by atoms with Gasteiger partial charge in [0.05, 0.1) is 5.69 Å². The molecular weight excluding hydrogens is 582 g/mol. The van der Waals surface area contributed by atoms with E-state index in [-0.39, 0.29) is 36.2 Å². The fourth-order valence-corrected chi connectivity index (χ4v) is 6.76. The molecule has 3 aliphatic rings. The first-order valence-corrected chi connectivity index (χ1v) is 14.5. The van der Waals surface area contributed by atoms with Crippen LogP contribution in [0.25, 0.3) is 0 Å². The van der Waals surface area contributed by atoms with Gasteiger partial charge >= 0.3 is 0 Å². The summed E-state index contributed by atoms with van der Waals surface area (Å²) in [5.74, 6) is -0.310. The molecule has 2 aromatic heterocycles. The van der Waals surface area contributed by atoms with E-state index in [4.69, 9.17) is 16.6 Å². The normalized spacial score (nSPS) is 19.0. The molecule has 0 radical (unpaired) electrons. The lowest BCUT2D eigenvalue weighted by Crippen LogP contribution is -2.40. The second-order valence-corrected chi connectivity index (χ2v) is 11.7. The molecular formula is C29H27BrClN5O3. The third-order valence-corrected chi connectivity index (χ3v) is 8.76. The molecule has 0 spiro atoms. The van der Waals surface area contributed by atoms with Gasteiger partial charge in [-0.15, -0.1) is 0 Å². The highest BCUT2D eigenvalue weighted by atomic mass is 79.9. The SMILES string of the molecule is O=C(CCCN1C(=O)c2nccnc2C1=O)N1CCC(C2c3ccc(Cl)cc3CCc3cc(Br)cnc32)CC1. The maximum atomic E-state index is 13.0. The summed E-state index contributed by atoms with van der Waals surface area (Å²) in [5, 5.41) is 0.752. The minimum atomic E-state index is -0.442. The fraction of sp³-hybridized carbons (Fsp3) is 0.379. The van der Waals surface area contributed by atoms with Gasteiger partial charge in [0, 0.05) is 60.1 Å². The number of rotatable bonds is 5. The number of halogens is 2. The summed E-state index contributed by atoms with van der Waals surface area (Å²) >= 11 is 9.95. The number of aromatic nitrogens is 3. The predicted octanol–water partition coefficient (Wildman–Crippen LogP) is 4.83. The van der Waals surface area contributed by atoms with Gasteiger partial charge in [0.2, 0.25) is 5.91 Å². The largest absolute Gasteiger partial charge is 0.343 e. The van der Waals surface area contributed by atoms with E-state index in [9.17, 15) is 14.4 Å². The third kappa shape index (κ3) is 4.98. The number of carbonyl (C=O) groups is 3. The summed E-state index contributed by atoms with van der Waals surface area (Å²) < 4.78 is 0.984. The molecule has 2 aliphatic heterocycles. The van der Waals surface area contributed by atoms with Crippen molar-refractivity contribution in [1.29, 1.82) is 0 Å². The lowest BCUT2D eigenvalue weighted by atomic mass is 9.76. The molecule has 39 heavy (non-hydrogen) atoms. The van der Waals surface area contributed by atoms with Crippen molar-refractivity contribution in [3.63, 3.8) is 0 Å². The van der Waals surface area contributed by atoms with Crippen LogP contribution in [-0.2, 0) is 17.6 Å². The summed E-state index contributed by atoms with van der Waals surface area (Å²) in [6.07, 6.45) is 8.97. The molecule has 1 aromatic carbocycles. The number of likely N-dealkylation sites (tertiary alicyclic amines) is 1. The Morgan fingerprint density at radius 3 is 2.38 bits per heavy atom. The van der Waals surface area contributed by atoms with E-state index in [1.54, 1.807) is 0 Å². The zero-order valence-corrected chi connectivity index (χ0v) is 23.6. The highest BCUT2D eigenvalue weighted by Gasteiger charge is 2.38. The molecule has 3 aromatic rings. The summed E-state index contributed by atoms with van der Waals surface area (Å²) in [5.41, 5.74) is 5.14. The zero-order chi connectivity index (χ0) is 27.1. The number of benzene rings is 1. The quantitative estimate of drug-likeness (QED) is 0.385. The van der Waals surface area contributed by atoms with E-state index in [0.717, 1.165) is 45.8 Å². The molecule has 1 atom stereocenters. The summed E-state index contributed by atoms with van der Waals surface area (Å²) in [7, 11) is 0. The minimum absolute atomic E-state index is 0.0526. The van der Waals surface area contributed by atoms with Crippen molar-refractivity contribution in [1.82, 2.24) is 24.8 Å². The molecule has 0 N–H and O–H groups in total. The maximum Gasteiger partial charge on any atom is 0.281 e. The third-order valence-electron chi connectivity index (χ3n) is 8.10. The van der Waals surface area contributed by atoms with Gasteiger partial charge in [-0.3, -0.25) is 24.3 Å². The number of hydrogen-bond donors (Lipinski definition) is 0. The average molecular weight is 609 g/mol. The molecule has 0 bridgehead atoms. The topological polar surface area (TPSA) is 96.4 Å². The molecule has 200 valence electrons. The monoisotopic (exact) mass is 607 g/mol. The first kappa shape index (κ1) is 26.1. The number of piperidine rings is 1. The van der Waals surface area contributed by atoms with E-state index in [0.29, 0.717) is 25.4 Å². The maximum absolute atomic E-state index is 13.0. The molecule has 4 heterocycles. The number of amides is 3. The van der Waals surface area contributed by atoms with E-state index < -0.39 is 11.8 Å². The molecule has 1 unspecified atom stereocenters. The van der Waals surface area contributed by atoms with Crippen LogP contribution in [0.5, 0.6) is 0 Å². The van der Waals surface area contributed by atoms with Gasteiger partial charge in [-0.1, -0.05) is 17.7 Å². The molecule has 8 nitrogen and oxygen atoms in total. The van der Waals surface area contributed by atoms with Crippen molar-refractivity contribution in [2.45, 2.75) is 44.4 Å². The van der Waals surface area contributed by atoms with Crippen LogP contribution in [0.15, 0.2) is 47.3 Å². The van der Waals surface area contributed by atoms with Gasteiger partial charge in [0.25, 0.3) is 11.8 Å². The van der Waals surface area contributed by atoms with Crippen molar-refractivity contribution in [3.05, 3.63) is 86.1 Å². The van der Waals surface area contributed by atoms with Crippen LogP contribution in [0.1, 0.15) is 75.0 Å². The second-order valence-electron chi connectivity index (χ2n) is 10.4. The van der Waals surface area contributed by atoms with Crippen LogP contribution >= 0.6 is 27.5 Å². The number of pyridine rings is 1. The van der Waals surface area contributed by atoms with Crippen LogP contribution in [0, 0.1) is 5.92 Å². The van der Waals surface area contributed by atoms with Crippen LogP contribution in [0.2, 0.25) is 5.02 Å². The highest BCUT2D eigenvalue weighted by molar-refractivity contribution is 9.10. The van der Waals surface area contributed by atoms with Gasteiger partial charge in [0.15, 0.2) is 11.4 Å². The van der Waals surface area contributed by atoms with Gasteiger partial charge in [-0.25, -0.2) is 9.97 Å². The molecule has 3 amide bonds. The Balaban J connectivity index is 1.10. The number of hydrogen-bond acceptors (Lipinski definition) is 6. The fourth-order valence-electron chi connectivity index (χ4n) is 6.19. The standard InChI is InChI=1S/C29H27BrClN5O3/c30-20-14-19-4-3-18-15-21(31)5-6-22(18)24(25(19)34-16-20)17-7-12-35(13-8-17)23(37)2-1-11-36-28(38)26-27(29(36)39)33-10-9-32-26/h5-6,9-10,14-17,24H,1-4,7-8,11-13H2. The zero-order valence-electron chi connectivity index (χ0n) is 21.3. The first-order chi connectivity index (χ1) is 18.9. The van der Waals surface area contributed by atoms with E-state index in [1.165, 1.54) is 29.1 Å². The Morgan fingerprint density at radius 2 is 1.67 bits per heavy atom. The Labute approximate surface area is 239 Å². The molecule has 6 rings (SSSR count). The Morgan fingerprint density at radius 1 is 0.974 bits per heavy atom. The lowest BCUT2D eigenvalue weighted by molar-refractivity contribution is -0.132. The van der Waals surface area contributed by atoms with Gasteiger partial charge in [-0.05, 0) is 88.8 Å². The van der Waals surface area contributed by atoms with Crippen LogP contribution in [0.4, 0.5) is 0 Å². The van der Waals surface area contributed by atoms with E-state index in [2.05, 4.69) is 44.1 Å². The molecule has 10 heteroatoms. The summed E-state index contributed by atoms with van der Waals surface area (Å²) in [6.45, 7) is 1.53. The van der Waals surface area contributed by atoms with Crippen molar-refractivity contribution in [3.8, 4) is 0 Å². The Hall–Kier alpha value is -3.17. The number of imide groups is 1. The first-order valence-electron chi connectivity index (χ1n) is 13.3. The Bertz CT molecular complexity index is 1380. The van der Waals surface area contributed by atoms with Crippen molar-refractivity contribution in [2.75, 3.05) is 19.6 Å². The van der Waals surface area contributed by atoms with E-state index >= 15 is 0 Å². The molecule has 0 saturated carbocycles. The number of aryl methyl sites for hydroxylation is 2. The van der Waals surface area contributed by atoms with Gasteiger partial charge in [-0.2, -0.15) is 0 Å².